The molecule has 1 amide bonds. The number of carbonyl (C=O) groups excluding carboxylic acids is 1. The maximum Gasteiger partial charge on any atom is 0.272 e. The second-order valence-electron chi connectivity index (χ2n) is 4.01. The van der Waals surface area contributed by atoms with Gasteiger partial charge in [-0.05, 0) is 19.1 Å². The van der Waals surface area contributed by atoms with Crippen LogP contribution in [0.2, 0.25) is 5.02 Å². The molecule has 0 aliphatic rings. The second kappa shape index (κ2) is 6.66. The van der Waals surface area contributed by atoms with Crippen molar-refractivity contribution in [3.8, 4) is 0 Å². The van der Waals surface area contributed by atoms with E-state index in [1.165, 1.54) is 6.20 Å². The molecule has 2 N–H and O–H groups in total. The molecule has 6 heteroatoms. The molecular weight excluding hydrogens is 270 g/mol. The minimum absolute atomic E-state index is 0.0174. The summed E-state index contributed by atoms with van der Waals surface area (Å²) < 4.78 is 0. The van der Waals surface area contributed by atoms with E-state index in [1.54, 1.807) is 17.0 Å². The molecule has 0 aliphatic carbocycles. The molecule has 1 aromatic heterocycles. The van der Waals surface area contributed by atoms with Crippen molar-refractivity contribution >= 4 is 34.7 Å². The third-order valence-electron chi connectivity index (χ3n) is 2.60. The van der Waals surface area contributed by atoms with Gasteiger partial charge >= 0.3 is 0 Å². The average molecular weight is 286 g/mol. The standard InChI is InChI=1S/C12H16ClN3OS/c1-3-16(7-8(2)11(14)18)12(17)10-5-4-9(13)6-15-10/h4-6,8H,3,7H2,1-2H3,(H2,14,18). The Morgan fingerprint density at radius 3 is 2.72 bits per heavy atom. The van der Waals surface area contributed by atoms with Gasteiger partial charge in [0, 0.05) is 25.2 Å². The first-order valence-corrected chi connectivity index (χ1v) is 6.44. The molecule has 0 spiro atoms. The minimum atomic E-state index is -0.141. The number of halogens is 1. The Hall–Kier alpha value is -1.20. The summed E-state index contributed by atoms with van der Waals surface area (Å²) >= 11 is 10.6. The number of pyridine rings is 1. The highest BCUT2D eigenvalue weighted by molar-refractivity contribution is 7.80. The van der Waals surface area contributed by atoms with Crippen LogP contribution < -0.4 is 5.73 Å². The molecule has 1 rings (SSSR count). The third-order valence-corrected chi connectivity index (χ3v) is 3.22. The first kappa shape index (κ1) is 14.9. The second-order valence-corrected chi connectivity index (χ2v) is 4.92. The van der Waals surface area contributed by atoms with Gasteiger partial charge in [-0.25, -0.2) is 4.98 Å². The van der Waals surface area contributed by atoms with Gasteiger partial charge in [-0.3, -0.25) is 4.79 Å². The van der Waals surface area contributed by atoms with E-state index in [0.29, 0.717) is 28.8 Å². The number of rotatable bonds is 5. The molecule has 0 fully saturated rings. The van der Waals surface area contributed by atoms with Crippen molar-refractivity contribution in [3.05, 3.63) is 29.0 Å². The first-order chi connectivity index (χ1) is 8.45. The van der Waals surface area contributed by atoms with Crippen molar-refractivity contribution in [1.82, 2.24) is 9.88 Å². The van der Waals surface area contributed by atoms with Crippen LogP contribution in [0.3, 0.4) is 0 Å². The lowest BCUT2D eigenvalue weighted by molar-refractivity contribution is 0.0749. The fraction of sp³-hybridized carbons (Fsp3) is 0.417. The lowest BCUT2D eigenvalue weighted by Gasteiger charge is -2.23. The highest BCUT2D eigenvalue weighted by atomic mass is 35.5. The highest BCUT2D eigenvalue weighted by Gasteiger charge is 2.18. The van der Waals surface area contributed by atoms with Gasteiger partial charge < -0.3 is 10.6 Å². The van der Waals surface area contributed by atoms with Gasteiger partial charge in [-0.15, -0.1) is 0 Å². The van der Waals surface area contributed by atoms with Crippen LogP contribution in [0.25, 0.3) is 0 Å². The number of hydrogen-bond donors (Lipinski definition) is 1. The van der Waals surface area contributed by atoms with Crippen molar-refractivity contribution in [2.24, 2.45) is 11.7 Å². The fourth-order valence-corrected chi connectivity index (χ4v) is 1.63. The summed E-state index contributed by atoms with van der Waals surface area (Å²) in [7, 11) is 0. The summed E-state index contributed by atoms with van der Waals surface area (Å²) in [6.07, 6.45) is 1.46. The molecule has 0 aromatic carbocycles. The van der Waals surface area contributed by atoms with Crippen LogP contribution in [-0.2, 0) is 0 Å². The van der Waals surface area contributed by atoms with E-state index in [-0.39, 0.29) is 11.8 Å². The van der Waals surface area contributed by atoms with Crippen molar-refractivity contribution in [2.45, 2.75) is 13.8 Å². The minimum Gasteiger partial charge on any atom is -0.393 e. The predicted octanol–water partition coefficient (Wildman–Crippen LogP) is 2.12. The normalized spacial score (nSPS) is 11.9. The summed E-state index contributed by atoms with van der Waals surface area (Å²) in [6.45, 7) is 4.87. The Kier molecular flexibility index (Phi) is 5.50. The molecule has 4 nitrogen and oxygen atoms in total. The van der Waals surface area contributed by atoms with Crippen LogP contribution in [-0.4, -0.2) is 33.9 Å². The summed E-state index contributed by atoms with van der Waals surface area (Å²) in [5.41, 5.74) is 5.93. The monoisotopic (exact) mass is 285 g/mol. The van der Waals surface area contributed by atoms with Gasteiger partial charge in [0.1, 0.15) is 5.69 Å². The van der Waals surface area contributed by atoms with E-state index in [4.69, 9.17) is 29.6 Å². The zero-order chi connectivity index (χ0) is 13.7. The molecule has 0 radical (unpaired) electrons. The van der Waals surface area contributed by atoms with E-state index < -0.39 is 0 Å². The Labute approximate surface area is 117 Å². The van der Waals surface area contributed by atoms with Gasteiger partial charge in [-0.1, -0.05) is 30.7 Å². The van der Waals surface area contributed by atoms with Crippen LogP contribution >= 0.6 is 23.8 Å². The number of nitrogens with two attached hydrogens (primary N) is 1. The van der Waals surface area contributed by atoms with Crippen molar-refractivity contribution in [2.75, 3.05) is 13.1 Å². The summed E-state index contributed by atoms with van der Waals surface area (Å²) in [5, 5.41) is 0.506. The van der Waals surface area contributed by atoms with E-state index >= 15 is 0 Å². The SMILES string of the molecule is CCN(CC(C)C(N)=S)C(=O)c1ccc(Cl)cn1. The molecule has 0 saturated carbocycles. The molecule has 18 heavy (non-hydrogen) atoms. The Morgan fingerprint density at radius 2 is 2.28 bits per heavy atom. The number of nitrogens with zero attached hydrogens (tertiary/aromatic N) is 2. The van der Waals surface area contributed by atoms with Gasteiger partial charge in [-0.2, -0.15) is 0 Å². The Balaban J connectivity index is 2.79. The zero-order valence-corrected chi connectivity index (χ0v) is 12.0. The molecule has 1 aromatic rings. The van der Waals surface area contributed by atoms with Gasteiger partial charge in [0.05, 0.1) is 10.0 Å². The van der Waals surface area contributed by atoms with E-state index in [1.807, 2.05) is 13.8 Å². The van der Waals surface area contributed by atoms with Crippen LogP contribution in [0.15, 0.2) is 18.3 Å². The maximum absolute atomic E-state index is 12.2. The molecule has 0 saturated heterocycles. The summed E-state index contributed by atoms with van der Waals surface area (Å²) in [4.78, 5) is 18.3. The summed E-state index contributed by atoms with van der Waals surface area (Å²) in [6, 6.07) is 3.26. The molecule has 1 atom stereocenters. The van der Waals surface area contributed by atoms with Crippen LogP contribution in [0.1, 0.15) is 24.3 Å². The Bertz CT molecular complexity index is 435. The van der Waals surface area contributed by atoms with Crippen LogP contribution in [0.5, 0.6) is 0 Å². The van der Waals surface area contributed by atoms with Crippen LogP contribution in [0, 0.1) is 5.92 Å². The number of carbonyl (C=O) groups is 1. The quantitative estimate of drug-likeness (QED) is 0.842. The molecule has 0 aliphatic heterocycles. The van der Waals surface area contributed by atoms with Gasteiger partial charge in [0.15, 0.2) is 0 Å². The number of thiocarbonyl (C=S) groups is 1. The number of amides is 1. The van der Waals surface area contributed by atoms with Crippen molar-refractivity contribution in [1.29, 1.82) is 0 Å². The molecule has 98 valence electrons. The predicted molar refractivity (Wildman–Crippen MR) is 76.8 cm³/mol. The molecule has 1 unspecified atom stereocenters. The highest BCUT2D eigenvalue weighted by Crippen LogP contribution is 2.10. The largest absolute Gasteiger partial charge is 0.393 e. The van der Waals surface area contributed by atoms with Crippen molar-refractivity contribution in [3.63, 3.8) is 0 Å². The zero-order valence-electron chi connectivity index (χ0n) is 10.4. The van der Waals surface area contributed by atoms with Crippen LogP contribution in [0.4, 0.5) is 0 Å². The lowest BCUT2D eigenvalue weighted by atomic mass is 10.1. The molecular formula is C12H16ClN3OS. The fourth-order valence-electron chi connectivity index (χ4n) is 1.44. The Morgan fingerprint density at radius 1 is 1.61 bits per heavy atom. The van der Waals surface area contributed by atoms with E-state index in [2.05, 4.69) is 4.98 Å². The topological polar surface area (TPSA) is 59.2 Å². The summed E-state index contributed by atoms with van der Waals surface area (Å²) in [5.74, 6) is -0.159. The molecule has 1 heterocycles. The maximum atomic E-state index is 12.2. The third kappa shape index (κ3) is 3.92. The molecule has 0 bridgehead atoms. The number of aromatic nitrogens is 1. The first-order valence-electron chi connectivity index (χ1n) is 5.65. The van der Waals surface area contributed by atoms with E-state index in [0.717, 1.165) is 0 Å². The average Bonchev–Trinajstić information content (AvgIpc) is 2.35. The number of hydrogen-bond acceptors (Lipinski definition) is 3. The van der Waals surface area contributed by atoms with E-state index in [9.17, 15) is 4.79 Å². The lowest BCUT2D eigenvalue weighted by Crippen LogP contribution is -2.38. The van der Waals surface area contributed by atoms with Gasteiger partial charge in [0.2, 0.25) is 0 Å². The van der Waals surface area contributed by atoms with Gasteiger partial charge in [0.25, 0.3) is 5.91 Å². The van der Waals surface area contributed by atoms with Crippen molar-refractivity contribution < 1.29 is 4.79 Å². The smallest absolute Gasteiger partial charge is 0.272 e.